The predicted molar refractivity (Wildman–Crippen MR) is 142 cm³/mol. The molecule has 182 valence electrons. The van der Waals surface area contributed by atoms with Crippen LogP contribution in [0.4, 0.5) is 14.9 Å². The maximum Gasteiger partial charge on any atom is 0.339 e. The van der Waals surface area contributed by atoms with Gasteiger partial charge in [-0.05, 0) is 36.4 Å². The fraction of sp³-hybridized carbons (Fsp3) is 0. The minimum Gasteiger partial charge on any atom is -0.307 e. The average molecular weight is 492 g/mol. The quantitative estimate of drug-likeness (QED) is 0.215. The summed E-state index contributed by atoms with van der Waals surface area (Å²) in [6.45, 7) is 0. The SMILES string of the molecule is O=C(N/N=C(\c1cccc(F)c1)c1c(-c2ccccc2)[nH]n(-c2ccccc2)c1=O)Nc1ccccc1. The summed E-state index contributed by atoms with van der Waals surface area (Å²) >= 11 is 0. The topological polar surface area (TPSA) is 91.3 Å². The van der Waals surface area contributed by atoms with Crippen molar-refractivity contribution in [2.75, 3.05) is 5.32 Å². The lowest BCUT2D eigenvalue weighted by Crippen LogP contribution is -2.28. The molecule has 0 unspecified atom stereocenters. The minimum absolute atomic E-state index is 0.109. The van der Waals surface area contributed by atoms with Gasteiger partial charge in [0.05, 0.1) is 16.9 Å². The molecule has 0 fully saturated rings. The van der Waals surface area contributed by atoms with Crippen molar-refractivity contribution < 1.29 is 9.18 Å². The van der Waals surface area contributed by atoms with E-state index in [1.54, 1.807) is 42.5 Å². The second-order valence-electron chi connectivity index (χ2n) is 8.11. The number of nitrogens with zero attached hydrogens (tertiary/aromatic N) is 2. The van der Waals surface area contributed by atoms with Crippen molar-refractivity contribution >= 4 is 17.4 Å². The maximum atomic E-state index is 14.3. The van der Waals surface area contributed by atoms with Gasteiger partial charge in [0.2, 0.25) is 0 Å². The molecule has 0 aliphatic heterocycles. The highest BCUT2D eigenvalue weighted by molar-refractivity contribution is 6.16. The average Bonchev–Trinajstić information content (AvgIpc) is 3.27. The van der Waals surface area contributed by atoms with Gasteiger partial charge in [0.25, 0.3) is 5.56 Å². The highest BCUT2D eigenvalue weighted by Crippen LogP contribution is 2.24. The third-order valence-corrected chi connectivity index (χ3v) is 5.60. The van der Waals surface area contributed by atoms with Crippen molar-refractivity contribution in [2.24, 2.45) is 5.10 Å². The van der Waals surface area contributed by atoms with Gasteiger partial charge in [0.15, 0.2) is 0 Å². The number of benzene rings is 4. The molecule has 3 N–H and O–H groups in total. The Balaban J connectivity index is 1.66. The highest BCUT2D eigenvalue weighted by atomic mass is 19.1. The summed E-state index contributed by atoms with van der Waals surface area (Å²) in [5.74, 6) is -0.501. The summed E-state index contributed by atoms with van der Waals surface area (Å²) in [7, 11) is 0. The molecule has 0 radical (unpaired) electrons. The van der Waals surface area contributed by atoms with Crippen LogP contribution < -0.4 is 16.3 Å². The van der Waals surface area contributed by atoms with E-state index < -0.39 is 17.4 Å². The molecular formula is C29H22FN5O2. The first kappa shape index (κ1) is 23.5. The number of carbonyl (C=O) groups excluding carboxylic acids is 1. The number of hydrogen-bond donors (Lipinski definition) is 3. The summed E-state index contributed by atoms with van der Waals surface area (Å²) in [6, 6.07) is 32.3. The lowest BCUT2D eigenvalue weighted by Gasteiger charge is -2.09. The molecule has 4 aromatic carbocycles. The lowest BCUT2D eigenvalue weighted by atomic mass is 9.99. The zero-order valence-electron chi connectivity index (χ0n) is 19.6. The Kier molecular flexibility index (Phi) is 6.72. The summed E-state index contributed by atoms with van der Waals surface area (Å²) < 4.78 is 15.7. The largest absolute Gasteiger partial charge is 0.339 e. The van der Waals surface area contributed by atoms with Gasteiger partial charge in [-0.2, -0.15) is 5.10 Å². The summed E-state index contributed by atoms with van der Waals surface area (Å²) in [4.78, 5) is 26.4. The summed E-state index contributed by atoms with van der Waals surface area (Å²) in [6.07, 6.45) is 0. The van der Waals surface area contributed by atoms with Gasteiger partial charge in [-0.15, -0.1) is 0 Å². The number of aromatic amines is 1. The van der Waals surface area contributed by atoms with Crippen molar-refractivity contribution in [3.05, 3.63) is 143 Å². The molecular weight excluding hydrogens is 469 g/mol. The number of para-hydroxylation sites is 2. The van der Waals surface area contributed by atoms with Crippen LogP contribution in [0, 0.1) is 5.82 Å². The van der Waals surface area contributed by atoms with Gasteiger partial charge in [0.1, 0.15) is 11.5 Å². The molecule has 5 rings (SSSR count). The van der Waals surface area contributed by atoms with Gasteiger partial charge in [-0.3, -0.25) is 9.89 Å². The molecule has 0 bridgehead atoms. The zero-order chi connectivity index (χ0) is 25.6. The first-order chi connectivity index (χ1) is 18.1. The van der Waals surface area contributed by atoms with Crippen LogP contribution >= 0.6 is 0 Å². The number of anilines is 1. The van der Waals surface area contributed by atoms with Crippen LogP contribution in [-0.2, 0) is 0 Å². The molecule has 1 aromatic heterocycles. The van der Waals surface area contributed by atoms with Crippen LogP contribution in [0.2, 0.25) is 0 Å². The summed E-state index contributed by atoms with van der Waals surface area (Å²) in [5.41, 5.74) is 5.05. The highest BCUT2D eigenvalue weighted by Gasteiger charge is 2.23. The first-order valence-electron chi connectivity index (χ1n) is 11.5. The number of carbonyl (C=O) groups is 1. The number of hydrazone groups is 1. The standard InChI is InChI=1S/C29H22FN5O2/c30-22-14-10-13-21(19-22)26(32-33-29(37)31-23-15-6-2-7-16-23)25-27(20-11-4-1-5-12-20)34-35(28(25)36)24-17-8-3-9-18-24/h1-19,34H,(H2,31,33,37)/b32-26+. The number of halogens is 1. The van der Waals surface area contributed by atoms with Gasteiger partial charge in [-0.1, -0.05) is 78.9 Å². The minimum atomic E-state index is -0.611. The number of rotatable bonds is 6. The molecule has 0 aliphatic carbocycles. The van der Waals surface area contributed by atoms with Crippen LogP contribution in [0.1, 0.15) is 11.1 Å². The molecule has 7 nitrogen and oxygen atoms in total. The molecule has 0 spiro atoms. The van der Waals surface area contributed by atoms with Crippen molar-refractivity contribution in [3.8, 4) is 16.9 Å². The predicted octanol–water partition coefficient (Wildman–Crippen LogP) is 5.55. The number of H-pyrrole nitrogens is 1. The van der Waals surface area contributed by atoms with E-state index >= 15 is 0 Å². The van der Waals surface area contributed by atoms with E-state index in [-0.39, 0.29) is 11.3 Å². The number of amides is 2. The normalized spacial score (nSPS) is 11.2. The Morgan fingerprint density at radius 2 is 1.46 bits per heavy atom. The molecule has 8 heteroatoms. The molecule has 0 saturated carbocycles. The number of aromatic nitrogens is 2. The Bertz CT molecular complexity index is 1610. The van der Waals surface area contributed by atoms with Crippen molar-refractivity contribution in [2.45, 2.75) is 0 Å². The van der Waals surface area contributed by atoms with Crippen LogP contribution in [0.25, 0.3) is 16.9 Å². The molecule has 1 heterocycles. The smallest absolute Gasteiger partial charge is 0.307 e. The van der Waals surface area contributed by atoms with E-state index in [1.165, 1.54) is 22.9 Å². The third-order valence-electron chi connectivity index (χ3n) is 5.60. The Hall–Kier alpha value is -5.24. The van der Waals surface area contributed by atoms with Crippen molar-refractivity contribution in [1.29, 1.82) is 0 Å². The van der Waals surface area contributed by atoms with E-state index in [0.717, 1.165) is 5.56 Å². The van der Waals surface area contributed by atoms with E-state index in [0.29, 0.717) is 22.6 Å². The molecule has 2 amide bonds. The van der Waals surface area contributed by atoms with Gasteiger partial charge < -0.3 is 5.32 Å². The van der Waals surface area contributed by atoms with E-state index in [9.17, 15) is 14.0 Å². The Labute approximate surface area is 211 Å². The van der Waals surface area contributed by atoms with Crippen LogP contribution in [0.3, 0.4) is 0 Å². The molecule has 0 saturated heterocycles. The number of hydrogen-bond acceptors (Lipinski definition) is 3. The van der Waals surface area contributed by atoms with Gasteiger partial charge >= 0.3 is 6.03 Å². The maximum absolute atomic E-state index is 14.3. The molecule has 5 aromatic rings. The fourth-order valence-corrected chi connectivity index (χ4v) is 3.92. The van der Waals surface area contributed by atoms with E-state index in [2.05, 4.69) is 20.9 Å². The monoisotopic (exact) mass is 491 g/mol. The molecule has 0 atom stereocenters. The molecule has 0 aliphatic rings. The third kappa shape index (κ3) is 5.23. The van der Waals surface area contributed by atoms with E-state index in [4.69, 9.17) is 0 Å². The van der Waals surface area contributed by atoms with Crippen LogP contribution in [0.5, 0.6) is 0 Å². The van der Waals surface area contributed by atoms with Crippen LogP contribution in [0.15, 0.2) is 125 Å². The first-order valence-corrected chi connectivity index (χ1v) is 11.5. The number of nitrogens with one attached hydrogen (secondary N) is 3. The van der Waals surface area contributed by atoms with Crippen molar-refractivity contribution in [3.63, 3.8) is 0 Å². The Morgan fingerprint density at radius 1 is 0.811 bits per heavy atom. The Morgan fingerprint density at radius 3 is 2.14 bits per heavy atom. The number of urea groups is 1. The van der Waals surface area contributed by atoms with Crippen LogP contribution in [-0.4, -0.2) is 21.5 Å². The van der Waals surface area contributed by atoms with Crippen molar-refractivity contribution in [1.82, 2.24) is 15.2 Å². The molecule has 37 heavy (non-hydrogen) atoms. The second kappa shape index (κ2) is 10.6. The van der Waals surface area contributed by atoms with Gasteiger partial charge in [0, 0.05) is 16.8 Å². The van der Waals surface area contributed by atoms with E-state index in [1.807, 2.05) is 54.6 Å². The lowest BCUT2D eigenvalue weighted by molar-refractivity contribution is 0.252. The second-order valence-corrected chi connectivity index (χ2v) is 8.11. The summed E-state index contributed by atoms with van der Waals surface area (Å²) in [5, 5.41) is 10.2. The van der Waals surface area contributed by atoms with Gasteiger partial charge in [-0.25, -0.2) is 19.3 Å². The zero-order valence-corrected chi connectivity index (χ0v) is 19.6. The fourth-order valence-electron chi connectivity index (χ4n) is 3.92.